The lowest BCUT2D eigenvalue weighted by Gasteiger charge is -2.34. The molecule has 1 saturated heterocycles. The van der Waals surface area contributed by atoms with Crippen molar-refractivity contribution >= 4 is 45.9 Å². The number of fused-ring (bicyclic) bond motifs is 1. The molecule has 1 aliphatic rings. The molecule has 40 heavy (non-hydrogen) atoms. The predicted molar refractivity (Wildman–Crippen MR) is 149 cm³/mol. The van der Waals surface area contributed by atoms with Crippen molar-refractivity contribution in [3.05, 3.63) is 46.5 Å². The van der Waals surface area contributed by atoms with Gasteiger partial charge in [-0.1, -0.05) is 52.3 Å². The highest BCUT2D eigenvalue weighted by atomic mass is 35.5. The Morgan fingerprint density at radius 3 is 2.30 bits per heavy atom. The summed E-state index contributed by atoms with van der Waals surface area (Å²) >= 11 is 6.46. The zero-order valence-electron chi connectivity index (χ0n) is 23.4. The van der Waals surface area contributed by atoms with Crippen LogP contribution in [0, 0.1) is 23.0 Å². The third kappa shape index (κ3) is 6.79. The first-order valence-electron chi connectivity index (χ1n) is 13.2. The number of piperidine rings is 1. The molecule has 0 saturated carbocycles. The maximum absolute atomic E-state index is 15.2. The molecule has 2 N–H and O–H groups in total. The highest BCUT2D eigenvalue weighted by Crippen LogP contribution is 2.39. The summed E-state index contributed by atoms with van der Waals surface area (Å²) in [5, 5.41) is 5.67. The lowest BCUT2D eigenvalue weighted by Crippen LogP contribution is -2.39. The largest absolute Gasteiger partial charge is 0.391 e. The van der Waals surface area contributed by atoms with Crippen LogP contribution in [0.25, 0.3) is 11.0 Å². The second-order valence-electron chi connectivity index (χ2n) is 10.5. The third-order valence-electron chi connectivity index (χ3n) is 6.78. The van der Waals surface area contributed by atoms with E-state index >= 15 is 4.39 Å². The molecule has 0 unspecified atom stereocenters. The van der Waals surface area contributed by atoms with Gasteiger partial charge in [0.15, 0.2) is 5.82 Å². The molecule has 6 nitrogen and oxygen atoms in total. The van der Waals surface area contributed by atoms with Gasteiger partial charge in [-0.2, -0.15) is 13.2 Å². The molecule has 0 radical (unpaired) electrons. The predicted octanol–water partition coefficient (Wildman–Crippen LogP) is 7.72. The summed E-state index contributed by atoms with van der Waals surface area (Å²) in [7, 11) is 1.65. The van der Waals surface area contributed by atoms with Crippen LogP contribution in [0.3, 0.4) is 0 Å². The van der Waals surface area contributed by atoms with Gasteiger partial charge in [0, 0.05) is 37.7 Å². The Kier molecular flexibility index (Phi) is 9.59. The molecule has 12 heteroatoms. The molecule has 1 fully saturated rings. The van der Waals surface area contributed by atoms with Crippen molar-refractivity contribution in [3.63, 3.8) is 0 Å². The quantitative estimate of drug-likeness (QED) is 0.300. The number of amides is 1. The van der Waals surface area contributed by atoms with Crippen LogP contribution in [0.1, 0.15) is 53.0 Å². The number of anilines is 3. The van der Waals surface area contributed by atoms with E-state index in [0.29, 0.717) is 21.7 Å². The molecular weight excluding hydrogens is 553 g/mol. The van der Waals surface area contributed by atoms with Gasteiger partial charge in [0.25, 0.3) is 0 Å². The van der Waals surface area contributed by atoms with Gasteiger partial charge >= 0.3 is 6.18 Å². The fourth-order valence-corrected chi connectivity index (χ4v) is 4.68. The van der Waals surface area contributed by atoms with E-state index in [0.717, 1.165) is 6.07 Å². The van der Waals surface area contributed by atoms with Crippen molar-refractivity contribution in [2.45, 2.75) is 60.2 Å². The number of alkyl halides is 3. The highest BCUT2D eigenvalue weighted by molar-refractivity contribution is 6.34. The first kappa shape index (κ1) is 31.4. The first-order valence-corrected chi connectivity index (χ1v) is 13.5. The van der Waals surface area contributed by atoms with Crippen LogP contribution in [-0.2, 0) is 18.4 Å². The lowest BCUT2D eigenvalue weighted by atomic mass is 9.95. The molecule has 0 aliphatic carbocycles. The Morgan fingerprint density at radius 2 is 1.73 bits per heavy atom. The average molecular weight is 588 g/mol. The fraction of sp³-hybridized carbons (Fsp3) is 0.500. The molecule has 0 spiro atoms. The molecule has 2 aromatic carbocycles. The van der Waals surface area contributed by atoms with Crippen molar-refractivity contribution in [2.24, 2.45) is 18.4 Å². The van der Waals surface area contributed by atoms with Crippen molar-refractivity contribution < 1.29 is 26.7 Å². The summed E-state index contributed by atoms with van der Waals surface area (Å²) < 4.78 is 70.7. The van der Waals surface area contributed by atoms with Gasteiger partial charge in [-0.25, -0.2) is 13.8 Å². The van der Waals surface area contributed by atoms with Crippen molar-refractivity contribution in [1.29, 1.82) is 0 Å². The zero-order chi connectivity index (χ0) is 30.0. The summed E-state index contributed by atoms with van der Waals surface area (Å²) in [6.07, 6.45) is -4.27. The zero-order valence-corrected chi connectivity index (χ0v) is 24.2. The topological polar surface area (TPSA) is 62.2 Å². The normalized spacial score (nSPS) is 14.7. The molecule has 1 aliphatic heterocycles. The van der Waals surface area contributed by atoms with Gasteiger partial charge in [0.2, 0.25) is 11.9 Å². The minimum Gasteiger partial charge on any atom is -0.370 e. The molecule has 220 valence electrons. The number of rotatable bonds is 5. The van der Waals surface area contributed by atoms with E-state index in [9.17, 15) is 22.4 Å². The standard InChI is InChI=1S/C26H29ClF5N5O.C2H6/c1-25(2,3)23(38)33-13-14-5-6-17(28)22(21(14)29)35-24-34-18-11-16(27)19(12-20(18)36(24)4)37-9-7-15(8-10-37)26(30,31)32;1-2/h5-6,11-12,15H,7-10,13H2,1-4H3,(H,33,38)(H,34,35);1-2H3. The maximum atomic E-state index is 15.2. The van der Waals surface area contributed by atoms with E-state index in [1.165, 1.54) is 6.07 Å². The molecule has 1 aromatic heterocycles. The van der Waals surface area contributed by atoms with E-state index in [1.807, 2.05) is 13.8 Å². The van der Waals surface area contributed by atoms with Crippen LogP contribution in [0.15, 0.2) is 24.3 Å². The molecule has 4 rings (SSSR count). The van der Waals surface area contributed by atoms with Gasteiger partial charge in [0.05, 0.1) is 27.7 Å². The van der Waals surface area contributed by atoms with Crippen molar-refractivity contribution in [1.82, 2.24) is 14.9 Å². The minimum atomic E-state index is -4.22. The van der Waals surface area contributed by atoms with Crippen LogP contribution < -0.4 is 15.5 Å². The monoisotopic (exact) mass is 587 g/mol. The number of hydrogen-bond acceptors (Lipinski definition) is 4. The number of imidazole rings is 1. The first-order chi connectivity index (χ1) is 18.7. The smallest absolute Gasteiger partial charge is 0.370 e. The Labute approximate surface area is 235 Å². The van der Waals surface area contributed by atoms with Crippen LogP contribution in [-0.4, -0.2) is 34.7 Å². The Morgan fingerprint density at radius 1 is 1.10 bits per heavy atom. The lowest BCUT2D eigenvalue weighted by molar-refractivity contribution is -0.179. The average Bonchev–Trinajstić information content (AvgIpc) is 3.19. The number of nitrogens with zero attached hydrogens (tertiary/aromatic N) is 3. The number of hydrogen-bond donors (Lipinski definition) is 2. The fourth-order valence-electron chi connectivity index (χ4n) is 4.40. The van der Waals surface area contributed by atoms with E-state index < -0.39 is 34.8 Å². The third-order valence-corrected chi connectivity index (χ3v) is 7.08. The summed E-state index contributed by atoms with van der Waals surface area (Å²) in [5.41, 5.74) is 0.606. The molecule has 0 atom stereocenters. The van der Waals surface area contributed by atoms with Crippen LogP contribution >= 0.6 is 11.6 Å². The molecule has 1 amide bonds. The Balaban J connectivity index is 0.00000216. The van der Waals surface area contributed by atoms with E-state index in [-0.39, 0.29) is 49.9 Å². The number of carbonyl (C=O) groups excluding carboxylic acids is 1. The number of halogens is 6. The second-order valence-corrected chi connectivity index (χ2v) is 11.0. The summed E-state index contributed by atoms with van der Waals surface area (Å²) in [6, 6.07) is 5.67. The molecular formula is C28H35ClF5N5O. The Hall–Kier alpha value is -3.08. The second kappa shape index (κ2) is 12.2. The summed E-state index contributed by atoms with van der Waals surface area (Å²) in [4.78, 5) is 18.4. The van der Waals surface area contributed by atoms with Crippen molar-refractivity contribution in [3.8, 4) is 0 Å². The SMILES string of the molecule is CC.Cn1c(Nc2c(F)ccc(CNC(=O)C(C)(C)C)c2F)nc2cc(Cl)c(N3CCC(C(F)(F)F)CC3)cc21. The van der Waals surface area contributed by atoms with Crippen LogP contribution in [0.5, 0.6) is 0 Å². The number of benzene rings is 2. The molecule has 0 bridgehead atoms. The van der Waals surface area contributed by atoms with E-state index in [1.54, 1.807) is 49.4 Å². The van der Waals surface area contributed by atoms with Gasteiger partial charge in [0.1, 0.15) is 11.5 Å². The highest BCUT2D eigenvalue weighted by Gasteiger charge is 2.41. The van der Waals surface area contributed by atoms with Gasteiger partial charge in [-0.05, 0) is 31.0 Å². The molecule has 2 heterocycles. The van der Waals surface area contributed by atoms with Gasteiger partial charge in [-0.3, -0.25) is 4.79 Å². The van der Waals surface area contributed by atoms with Gasteiger partial charge < -0.3 is 20.1 Å². The maximum Gasteiger partial charge on any atom is 0.391 e. The van der Waals surface area contributed by atoms with E-state index in [2.05, 4.69) is 15.6 Å². The van der Waals surface area contributed by atoms with Crippen LogP contribution in [0.4, 0.5) is 39.3 Å². The van der Waals surface area contributed by atoms with E-state index in [4.69, 9.17) is 11.6 Å². The summed E-state index contributed by atoms with van der Waals surface area (Å²) in [6.45, 7) is 9.46. The van der Waals surface area contributed by atoms with Gasteiger partial charge in [-0.15, -0.1) is 0 Å². The Bertz CT molecular complexity index is 1360. The number of nitrogens with one attached hydrogen (secondary N) is 2. The number of carbonyl (C=O) groups is 1. The minimum absolute atomic E-state index is 0.0266. The summed E-state index contributed by atoms with van der Waals surface area (Å²) in [5.74, 6) is -3.18. The number of aryl methyl sites for hydroxylation is 1. The molecule has 3 aromatic rings. The van der Waals surface area contributed by atoms with Crippen LogP contribution in [0.2, 0.25) is 5.02 Å². The number of aromatic nitrogens is 2. The van der Waals surface area contributed by atoms with Crippen molar-refractivity contribution in [2.75, 3.05) is 23.3 Å².